The Morgan fingerprint density at radius 2 is 1.95 bits per heavy atom. The molecule has 1 aliphatic heterocycles. The molecule has 6 nitrogen and oxygen atoms in total. The van der Waals surface area contributed by atoms with Crippen molar-refractivity contribution < 1.29 is 22.7 Å². The summed E-state index contributed by atoms with van der Waals surface area (Å²) >= 11 is 0. The molecule has 21 heavy (non-hydrogen) atoms. The number of sulfonamides is 1. The lowest BCUT2D eigenvalue weighted by Gasteiger charge is -2.28. The van der Waals surface area contributed by atoms with Gasteiger partial charge in [-0.1, -0.05) is 32.4 Å². The van der Waals surface area contributed by atoms with Crippen molar-refractivity contribution in [3.8, 4) is 0 Å². The molecule has 1 aromatic rings. The van der Waals surface area contributed by atoms with E-state index in [0.717, 1.165) is 0 Å². The Kier molecular flexibility index (Phi) is 4.04. The van der Waals surface area contributed by atoms with E-state index >= 15 is 0 Å². The van der Waals surface area contributed by atoms with E-state index in [1.165, 1.54) is 19.2 Å². The number of ether oxygens (including phenoxy) is 1. The lowest BCUT2D eigenvalue weighted by atomic mass is 9.99. The second-order valence-electron chi connectivity index (χ2n) is 4.96. The van der Waals surface area contributed by atoms with Gasteiger partial charge in [0.1, 0.15) is 10.9 Å². The highest BCUT2D eigenvalue weighted by molar-refractivity contribution is 7.90. The maximum atomic E-state index is 12.6. The molecule has 0 bridgehead atoms. The molecule has 0 fully saturated rings. The van der Waals surface area contributed by atoms with Crippen LogP contribution < -0.4 is 0 Å². The predicted molar refractivity (Wildman–Crippen MR) is 75.1 cm³/mol. The van der Waals surface area contributed by atoms with Gasteiger partial charge in [0.2, 0.25) is 0 Å². The Balaban J connectivity index is 2.58. The lowest BCUT2D eigenvalue weighted by Crippen LogP contribution is -2.48. The van der Waals surface area contributed by atoms with E-state index in [2.05, 4.69) is 0 Å². The van der Waals surface area contributed by atoms with E-state index in [9.17, 15) is 18.0 Å². The molecular weight excluding hydrogens is 294 g/mol. The van der Waals surface area contributed by atoms with Crippen molar-refractivity contribution in [2.24, 2.45) is 5.92 Å². The average molecular weight is 311 g/mol. The minimum absolute atomic E-state index is 0.0628. The number of esters is 1. The fraction of sp³-hybridized carbons (Fsp3) is 0.429. The van der Waals surface area contributed by atoms with Crippen LogP contribution in [0.5, 0.6) is 0 Å². The van der Waals surface area contributed by atoms with Crippen molar-refractivity contribution in [3.63, 3.8) is 0 Å². The second-order valence-corrected chi connectivity index (χ2v) is 6.74. The Hall–Kier alpha value is -1.89. The Labute approximate surface area is 123 Å². The van der Waals surface area contributed by atoms with Crippen LogP contribution in [0.15, 0.2) is 29.2 Å². The molecule has 2 rings (SSSR count). The van der Waals surface area contributed by atoms with Gasteiger partial charge >= 0.3 is 5.97 Å². The number of amides is 1. The fourth-order valence-corrected chi connectivity index (χ4v) is 4.19. The first-order valence-corrected chi connectivity index (χ1v) is 8.05. The van der Waals surface area contributed by atoms with E-state index in [-0.39, 0.29) is 16.4 Å². The van der Waals surface area contributed by atoms with Crippen LogP contribution in [-0.4, -0.2) is 37.8 Å². The van der Waals surface area contributed by atoms with Crippen LogP contribution in [0.2, 0.25) is 0 Å². The largest absolute Gasteiger partial charge is 0.467 e. The molecule has 0 N–H and O–H groups in total. The molecule has 1 amide bonds. The van der Waals surface area contributed by atoms with Crippen molar-refractivity contribution in [2.75, 3.05) is 7.11 Å². The summed E-state index contributed by atoms with van der Waals surface area (Å²) in [5.74, 6) is -1.75. The number of hydrogen-bond donors (Lipinski definition) is 0. The molecule has 0 aliphatic carbocycles. The third-order valence-corrected chi connectivity index (χ3v) is 5.56. The maximum Gasteiger partial charge on any atom is 0.330 e. The molecule has 1 aromatic carbocycles. The smallest absolute Gasteiger partial charge is 0.330 e. The van der Waals surface area contributed by atoms with Gasteiger partial charge in [-0.3, -0.25) is 4.79 Å². The summed E-state index contributed by atoms with van der Waals surface area (Å²) in [7, 11) is -2.84. The van der Waals surface area contributed by atoms with Gasteiger partial charge < -0.3 is 4.74 Å². The van der Waals surface area contributed by atoms with E-state index in [1.807, 2.05) is 6.92 Å². The summed E-state index contributed by atoms with van der Waals surface area (Å²) in [4.78, 5) is 24.4. The van der Waals surface area contributed by atoms with Gasteiger partial charge in [-0.25, -0.2) is 17.5 Å². The molecule has 0 radical (unpaired) electrons. The topological polar surface area (TPSA) is 80.8 Å². The number of rotatable bonds is 4. The SMILES string of the molecule is CCC(C)[C@@H](C(=O)OC)N1C(=O)c2ccccc2S1(=O)=O. The number of fused-ring (bicyclic) bond motifs is 1. The van der Waals surface area contributed by atoms with Crippen molar-refractivity contribution in [2.45, 2.75) is 31.2 Å². The highest BCUT2D eigenvalue weighted by Gasteiger charge is 2.49. The van der Waals surface area contributed by atoms with Crippen molar-refractivity contribution in [1.82, 2.24) is 4.31 Å². The predicted octanol–water partition coefficient (Wildman–Crippen LogP) is 1.42. The monoisotopic (exact) mass is 311 g/mol. The minimum atomic E-state index is -4.02. The van der Waals surface area contributed by atoms with Crippen LogP contribution >= 0.6 is 0 Å². The van der Waals surface area contributed by atoms with Gasteiger partial charge in [0, 0.05) is 0 Å². The molecule has 0 aromatic heterocycles. The van der Waals surface area contributed by atoms with E-state index in [4.69, 9.17) is 4.74 Å². The zero-order valence-corrected chi connectivity index (χ0v) is 12.9. The van der Waals surface area contributed by atoms with Crippen molar-refractivity contribution in [3.05, 3.63) is 29.8 Å². The van der Waals surface area contributed by atoms with E-state index < -0.39 is 27.9 Å². The molecule has 2 atom stereocenters. The van der Waals surface area contributed by atoms with Gasteiger partial charge in [-0.15, -0.1) is 0 Å². The molecule has 0 saturated carbocycles. The van der Waals surface area contributed by atoms with Gasteiger partial charge in [0.25, 0.3) is 15.9 Å². The first-order valence-electron chi connectivity index (χ1n) is 6.61. The number of hydrogen-bond acceptors (Lipinski definition) is 5. The highest BCUT2D eigenvalue weighted by atomic mass is 32.2. The van der Waals surface area contributed by atoms with Gasteiger partial charge in [0.15, 0.2) is 0 Å². The molecule has 1 heterocycles. The Morgan fingerprint density at radius 3 is 2.48 bits per heavy atom. The molecule has 1 aliphatic rings. The summed E-state index contributed by atoms with van der Waals surface area (Å²) in [6, 6.07) is 4.80. The van der Waals surface area contributed by atoms with Gasteiger partial charge in [-0.05, 0) is 18.1 Å². The summed E-state index contributed by atoms with van der Waals surface area (Å²) in [6.07, 6.45) is 0.537. The van der Waals surface area contributed by atoms with Crippen LogP contribution in [0.4, 0.5) is 0 Å². The average Bonchev–Trinajstić information content (AvgIpc) is 2.68. The van der Waals surface area contributed by atoms with E-state index in [0.29, 0.717) is 10.7 Å². The number of benzene rings is 1. The first-order chi connectivity index (χ1) is 9.86. The van der Waals surface area contributed by atoms with Crippen LogP contribution in [-0.2, 0) is 19.6 Å². The molecule has 1 unspecified atom stereocenters. The summed E-state index contributed by atoms with van der Waals surface area (Å²) in [6.45, 7) is 3.54. The van der Waals surface area contributed by atoms with Crippen LogP contribution in [0.1, 0.15) is 30.6 Å². The van der Waals surface area contributed by atoms with Crippen LogP contribution in [0, 0.1) is 5.92 Å². The first kappa shape index (κ1) is 15.5. The summed E-state index contributed by atoms with van der Waals surface area (Å²) in [5.41, 5.74) is 0.0923. The number of carbonyl (C=O) groups is 2. The zero-order valence-electron chi connectivity index (χ0n) is 12.1. The highest BCUT2D eigenvalue weighted by Crippen LogP contribution is 2.34. The number of methoxy groups -OCH3 is 1. The lowest BCUT2D eigenvalue weighted by molar-refractivity contribution is -0.146. The molecular formula is C14H17NO5S. The third-order valence-electron chi connectivity index (χ3n) is 3.73. The quantitative estimate of drug-likeness (QED) is 0.786. The number of carbonyl (C=O) groups excluding carboxylic acids is 2. The maximum absolute atomic E-state index is 12.6. The van der Waals surface area contributed by atoms with Gasteiger partial charge in [0.05, 0.1) is 12.7 Å². The van der Waals surface area contributed by atoms with E-state index in [1.54, 1.807) is 19.1 Å². The summed E-state index contributed by atoms with van der Waals surface area (Å²) in [5, 5.41) is 0. The fourth-order valence-electron chi connectivity index (χ4n) is 2.38. The van der Waals surface area contributed by atoms with Crippen molar-refractivity contribution >= 4 is 21.9 Å². The molecule has 0 saturated heterocycles. The standard InChI is InChI=1S/C14H17NO5S/c1-4-9(2)12(14(17)20-3)15-13(16)10-7-5-6-8-11(10)21(15,18)19/h5-9,12H,4H2,1-3H3/t9?,12-/m0/s1. The summed E-state index contributed by atoms with van der Waals surface area (Å²) < 4.78 is 30.5. The number of nitrogens with zero attached hydrogens (tertiary/aromatic N) is 1. The van der Waals surface area contributed by atoms with Crippen LogP contribution in [0.25, 0.3) is 0 Å². The zero-order chi connectivity index (χ0) is 15.8. The normalized spacial score (nSPS) is 19.0. The Bertz CT molecular complexity index is 682. The third kappa shape index (κ3) is 2.31. The molecule has 114 valence electrons. The second kappa shape index (κ2) is 5.48. The molecule has 7 heteroatoms. The minimum Gasteiger partial charge on any atom is -0.467 e. The van der Waals surface area contributed by atoms with Crippen LogP contribution in [0.3, 0.4) is 0 Å². The van der Waals surface area contributed by atoms with Gasteiger partial charge in [-0.2, -0.15) is 0 Å². The van der Waals surface area contributed by atoms with Crippen molar-refractivity contribution in [1.29, 1.82) is 0 Å². The Morgan fingerprint density at radius 1 is 1.33 bits per heavy atom. The molecule has 0 spiro atoms.